The molecular formula is C15H15N5O2S. The van der Waals surface area contributed by atoms with Crippen LogP contribution in [0.2, 0.25) is 0 Å². The zero-order valence-electron chi connectivity index (χ0n) is 12.6. The Morgan fingerprint density at radius 3 is 2.70 bits per heavy atom. The summed E-state index contributed by atoms with van der Waals surface area (Å²) in [6.07, 6.45) is 1.62. The normalized spacial score (nSPS) is 10.9. The van der Waals surface area contributed by atoms with Crippen molar-refractivity contribution in [2.75, 3.05) is 5.73 Å². The van der Waals surface area contributed by atoms with Crippen molar-refractivity contribution in [1.82, 2.24) is 14.8 Å². The summed E-state index contributed by atoms with van der Waals surface area (Å²) in [6, 6.07) is 3.36. The molecule has 2 aromatic heterocycles. The summed E-state index contributed by atoms with van der Waals surface area (Å²) in [5, 5.41) is 16.7. The number of aromatic hydroxyl groups is 1. The van der Waals surface area contributed by atoms with Crippen LogP contribution in [0.15, 0.2) is 23.7 Å². The van der Waals surface area contributed by atoms with Crippen LogP contribution in [-0.4, -0.2) is 25.8 Å². The average molecular weight is 329 g/mol. The predicted octanol–water partition coefficient (Wildman–Crippen LogP) is 2.00. The van der Waals surface area contributed by atoms with Gasteiger partial charge in [-0.15, -0.1) is 11.3 Å². The number of hydrogen-bond acceptors (Lipinski definition) is 6. The van der Waals surface area contributed by atoms with Gasteiger partial charge in [-0.1, -0.05) is 6.07 Å². The van der Waals surface area contributed by atoms with E-state index in [1.165, 1.54) is 16.0 Å². The van der Waals surface area contributed by atoms with Crippen LogP contribution in [0, 0.1) is 13.8 Å². The largest absolute Gasteiger partial charge is 0.508 e. The highest BCUT2D eigenvalue weighted by molar-refractivity contribution is 7.13. The number of aromatic nitrogens is 3. The van der Waals surface area contributed by atoms with Gasteiger partial charge in [0.2, 0.25) is 0 Å². The van der Waals surface area contributed by atoms with E-state index < -0.39 is 5.91 Å². The molecular weight excluding hydrogens is 314 g/mol. The SMILES string of the molecule is Cc1ccc(O)c(C)c1-n1nc(-c2nccs2)c(C(N)=O)c1N. The van der Waals surface area contributed by atoms with E-state index in [0.29, 0.717) is 22.0 Å². The highest BCUT2D eigenvalue weighted by Crippen LogP contribution is 2.34. The molecule has 0 saturated carbocycles. The van der Waals surface area contributed by atoms with Crippen molar-refractivity contribution in [3.63, 3.8) is 0 Å². The van der Waals surface area contributed by atoms with E-state index in [2.05, 4.69) is 10.1 Å². The summed E-state index contributed by atoms with van der Waals surface area (Å²) < 4.78 is 1.43. The lowest BCUT2D eigenvalue weighted by atomic mass is 10.1. The maximum Gasteiger partial charge on any atom is 0.254 e. The number of carbonyl (C=O) groups excluding carboxylic acids is 1. The lowest BCUT2D eigenvalue weighted by Crippen LogP contribution is -2.14. The highest BCUT2D eigenvalue weighted by Gasteiger charge is 2.25. The number of amides is 1. The molecule has 3 aromatic rings. The molecule has 7 nitrogen and oxygen atoms in total. The van der Waals surface area contributed by atoms with Gasteiger partial charge in [0.1, 0.15) is 27.8 Å². The van der Waals surface area contributed by atoms with Gasteiger partial charge in [-0.05, 0) is 25.5 Å². The number of nitrogen functional groups attached to an aromatic ring is 1. The van der Waals surface area contributed by atoms with Gasteiger partial charge in [0.15, 0.2) is 0 Å². The number of phenols is 1. The lowest BCUT2D eigenvalue weighted by molar-refractivity contribution is 0.100. The number of aryl methyl sites for hydroxylation is 1. The Morgan fingerprint density at radius 1 is 1.35 bits per heavy atom. The molecule has 5 N–H and O–H groups in total. The van der Waals surface area contributed by atoms with Gasteiger partial charge in [-0.2, -0.15) is 5.10 Å². The van der Waals surface area contributed by atoms with Crippen molar-refractivity contribution in [2.45, 2.75) is 13.8 Å². The lowest BCUT2D eigenvalue weighted by Gasteiger charge is -2.12. The van der Waals surface area contributed by atoms with Crippen molar-refractivity contribution >= 4 is 23.1 Å². The van der Waals surface area contributed by atoms with E-state index in [4.69, 9.17) is 11.5 Å². The molecule has 0 radical (unpaired) electrons. The first-order chi connectivity index (χ1) is 10.9. The fourth-order valence-electron chi connectivity index (χ4n) is 2.49. The smallest absolute Gasteiger partial charge is 0.254 e. The summed E-state index contributed by atoms with van der Waals surface area (Å²) in [5.74, 6) is -0.425. The minimum absolute atomic E-state index is 0.122. The third-order valence-corrected chi connectivity index (χ3v) is 4.40. The van der Waals surface area contributed by atoms with E-state index in [1.807, 2.05) is 6.92 Å². The number of benzene rings is 1. The molecule has 8 heteroatoms. The molecule has 0 aliphatic rings. The minimum Gasteiger partial charge on any atom is -0.508 e. The Labute approximate surface area is 136 Å². The topological polar surface area (TPSA) is 120 Å². The zero-order chi connectivity index (χ0) is 16.7. The maximum absolute atomic E-state index is 11.8. The van der Waals surface area contributed by atoms with Crippen LogP contribution in [0.4, 0.5) is 5.82 Å². The molecule has 23 heavy (non-hydrogen) atoms. The number of hydrogen-bond donors (Lipinski definition) is 3. The molecule has 1 aromatic carbocycles. The zero-order valence-corrected chi connectivity index (χ0v) is 13.4. The van der Waals surface area contributed by atoms with E-state index in [9.17, 15) is 9.90 Å². The fourth-order valence-corrected chi connectivity index (χ4v) is 3.11. The van der Waals surface area contributed by atoms with Crippen LogP contribution in [0.3, 0.4) is 0 Å². The van der Waals surface area contributed by atoms with Crippen LogP contribution < -0.4 is 11.5 Å². The molecule has 2 heterocycles. The quantitative estimate of drug-likeness (QED) is 0.679. The Kier molecular flexibility index (Phi) is 3.53. The molecule has 0 aliphatic heterocycles. The Hall–Kier alpha value is -2.87. The van der Waals surface area contributed by atoms with E-state index in [1.54, 1.807) is 30.6 Å². The van der Waals surface area contributed by atoms with Gasteiger partial charge >= 0.3 is 0 Å². The Balaban J connectivity index is 2.33. The molecule has 1 amide bonds. The van der Waals surface area contributed by atoms with Crippen LogP contribution in [0.1, 0.15) is 21.5 Å². The number of phenolic OH excluding ortho intramolecular Hbond substituents is 1. The summed E-state index contributed by atoms with van der Waals surface area (Å²) in [7, 11) is 0. The molecule has 0 aliphatic carbocycles. The van der Waals surface area contributed by atoms with Crippen molar-refractivity contribution in [1.29, 1.82) is 0 Å². The minimum atomic E-state index is -0.672. The van der Waals surface area contributed by atoms with E-state index in [0.717, 1.165) is 5.56 Å². The summed E-state index contributed by atoms with van der Waals surface area (Å²) >= 11 is 1.34. The Morgan fingerprint density at radius 2 is 2.09 bits per heavy atom. The van der Waals surface area contributed by atoms with Crippen molar-refractivity contribution < 1.29 is 9.90 Å². The number of anilines is 1. The molecule has 0 spiro atoms. The number of thiazole rings is 1. The third-order valence-electron chi connectivity index (χ3n) is 3.62. The van der Waals surface area contributed by atoms with Crippen molar-refractivity contribution in [2.24, 2.45) is 5.73 Å². The van der Waals surface area contributed by atoms with Crippen LogP contribution in [-0.2, 0) is 0 Å². The molecule has 0 fully saturated rings. The third kappa shape index (κ3) is 2.33. The van der Waals surface area contributed by atoms with Crippen LogP contribution in [0.25, 0.3) is 16.4 Å². The van der Waals surface area contributed by atoms with Crippen molar-refractivity contribution in [3.8, 4) is 22.1 Å². The van der Waals surface area contributed by atoms with E-state index in [-0.39, 0.29) is 17.1 Å². The standard InChI is InChI=1S/C15H15N5O2S/c1-7-3-4-9(21)8(2)12(7)20-13(16)10(14(17)22)11(19-20)15-18-5-6-23-15/h3-6,21H,16H2,1-2H3,(H2,17,22). The van der Waals surface area contributed by atoms with Crippen molar-refractivity contribution in [3.05, 3.63) is 40.4 Å². The predicted molar refractivity (Wildman–Crippen MR) is 88.7 cm³/mol. The molecule has 0 saturated heterocycles. The number of nitrogens with zero attached hydrogens (tertiary/aromatic N) is 3. The van der Waals surface area contributed by atoms with Gasteiger partial charge in [-0.3, -0.25) is 4.79 Å². The second-order valence-electron chi connectivity index (χ2n) is 5.10. The average Bonchev–Trinajstić information content (AvgIpc) is 3.12. The molecule has 118 valence electrons. The molecule has 3 rings (SSSR count). The number of nitrogens with two attached hydrogens (primary N) is 2. The van der Waals surface area contributed by atoms with Crippen LogP contribution in [0.5, 0.6) is 5.75 Å². The maximum atomic E-state index is 11.8. The number of primary amides is 1. The van der Waals surface area contributed by atoms with Crippen LogP contribution >= 0.6 is 11.3 Å². The molecule has 0 atom stereocenters. The first-order valence-electron chi connectivity index (χ1n) is 6.79. The summed E-state index contributed by atoms with van der Waals surface area (Å²) in [6.45, 7) is 3.63. The number of rotatable bonds is 3. The first kappa shape index (κ1) is 15.0. The summed E-state index contributed by atoms with van der Waals surface area (Å²) in [5.41, 5.74) is 14.2. The number of carbonyl (C=O) groups is 1. The Bertz CT molecular complexity index is 899. The second-order valence-corrected chi connectivity index (χ2v) is 5.99. The molecule has 0 bridgehead atoms. The van der Waals surface area contributed by atoms with Gasteiger partial charge in [0.25, 0.3) is 5.91 Å². The van der Waals surface area contributed by atoms with E-state index >= 15 is 0 Å². The van der Waals surface area contributed by atoms with Gasteiger partial charge in [0, 0.05) is 17.1 Å². The van der Waals surface area contributed by atoms with Gasteiger partial charge in [-0.25, -0.2) is 9.67 Å². The monoisotopic (exact) mass is 329 g/mol. The molecule has 0 unspecified atom stereocenters. The first-order valence-corrected chi connectivity index (χ1v) is 7.67. The van der Waals surface area contributed by atoms with Gasteiger partial charge < -0.3 is 16.6 Å². The van der Waals surface area contributed by atoms with Gasteiger partial charge in [0.05, 0.1) is 5.69 Å². The highest BCUT2D eigenvalue weighted by atomic mass is 32.1. The fraction of sp³-hybridized carbons (Fsp3) is 0.133. The second kappa shape index (κ2) is 5.40. The summed E-state index contributed by atoms with van der Waals surface area (Å²) in [4.78, 5) is 16.0.